The maximum atomic E-state index is 13.3. The Hall–Kier alpha value is -2.37. The summed E-state index contributed by atoms with van der Waals surface area (Å²) in [5, 5.41) is 3.21. The highest BCUT2D eigenvalue weighted by Gasteiger charge is 2.19. The van der Waals surface area contributed by atoms with E-state index in [-0.39, 0.29) is 11.2 Å². The number of benzene rings is 1. The fraction of sp³-hybridized carbons (Fsp3) is 0.444. The minimum atomic E-state index is -0.238. The molecule has 0 saturated carbocycles. The third-order valence-corrected chi connectivity index (χ3v) is 3.57. The lowest BCUT2D eigenvalue weighted by Crippen LogP contribution is -2.38. The molecule has 0 aliphatic carbocycles. The second kappa shape index (κ2) is 7.47. The molecule has 1 heterocycles. The van der Waals surface area contributed by atoms with Crippen molar-refractivity contribution < 1.29 is 8.81 Å². The number of aliphatic imine (C=N–C) groups is 1. The molecule has 24 heavy (non-hydrogen) atoms. The van der Waals surface area contributed by atoms with Gasteiger partial charge in [-0.3, -0.25) is 4.99 Å². The molecule has 0 radical (unpaired) electrons. The van der Waals surface area contributed by atoms with E-state index in [2.05, 4.69) is 36.1 Å². The second-order valence-corrected chi connectivity index (χ2v) is 6.76. The molecule has 1 N–H and O–H groups in total. The summed E-state index contributed by atoms with van der Waals surface area (Å²) in [4.78, 5) is 10.5. The molecule has 0 fully saturated rings. The molecule has 0 bridgehead atoms. The summed E-state index contributed by atoms with van der Waals surface area (Å²) in [7, 11) is 3.61. The van der Waals surface area contributed by atoms with Gasteiger partial charge < -0.3 is 14.6 Å². The van der Waals surface area contributed by atoms with Crippen LogP contribution in [-0.2, 0) is 18.5 Å². The summed E-state index contributed by atoms with van der Waals surface area (Å²) >= 11 is 0. The van der Waals surface area contributed by atoms with Crippen molar-refractivity contribution in [3.8, 4) is 0 Å². The van der Waals surface area contributed by atoms with Gasteiger partial charge in [0.15, 0.2) is 5.96 Å². The first kappa shape index (κ1) is 18.0. The number of aromatic nitrogens is 1. The van der Waals surface area contributed by atoms with Crippen molar-refractivity contribution in [1.29, 1.82) is 0 Å². The van der Waals surface area contributed by atoms with E-state index in [1.54, 1.807) is 19.3 Å². The zero-order valence-corrected chi connectivity index (χ0v) is 14.9. The average Bonchev–Trinajstić information content (AvgIpc) is 2.97. The highest BCUT2D eigenvalue weighted by Crippen LogP contribution is 2.22. The summed E-state index contributed by atoms with van der Waals surface area (Å²) in [5.74, 6) is 1.91. The molecule has 0 aliphatic heterocycles. The fourth-order valence-electron chi connectivity index (χ4n) is 2.26. The number of hydrogen-bond acceptors (Lipinski definition) is 3. The van der Waals surface area contributed by atoms with Crippen LogP contribution in [0.4, 0.5) is 4.39 Å². The molecule has 0 amide bonds. The van der Waals surface area contributed by atoms with Gasteiger partial charge in [0, 0.05) is 26.1 Å². The van der Waals surface area contributed by atoms with E-state index in [1.807, 2.05) is 18.0 Å². The molecule has 2 aromatic rings. The molecule has 0 saturated heterocycles. The van der Waals surface area contributed by atoms with Gasteiger partial charge in [0.1, 0.15) is 11.6 Å². The fourth-order valence-corrected chi connectivity index (χ4v) is 2.26. The first-order chi connectivity index (χ1) is 11.3. The highest BCUT2D eigenvalue weighted by atomic mass is 19.1. The van der Waals surface area contributed by atoms with E-state index >= 15 is 0 Å². The van der Waals surface area contributed by atoms with Gasteiger partial charge in [0.25, 0.3) is 0 Å². The van der Waals surface area contributed by atoms with Crippen LogP contribution in [0, 0.1) is 5.82 Å². The molecule has 6 heteroatoms. The molecular weight excluding hydrogens is 307 g/mol. The van der Waals surface area contributed by atoms with Gasteiger partial charge in [0.2, 0.25) is 5.89 Å². The smallest absolute Gasteiger partial charge is 0.213 e. The Kier molecular flexibility index (Phi) is 5.59. The molecule has 130 valence electrons. The lowest BCUT2D eigenvalue weighted by molar-refractivity contribution is 0.376. The Morgan fingerprint density at radius 1 is 1.38 bits per heavy atom. The molecule has 0 spiro atoms. The quantitative estimate of drug-likeness (QED) is 0.689. The van der Waals surface area contributed by atoms with Gasteiger partial charge in [0.05, 0.1) is 12.7 Å². The van der Waals surface area contributed by atoms with E-state index in [0.717, 1.165) is 11.3 Å². The molecule has 1 aromatic carbocycles. The van der Waals surface area contributed by atoms with Crippen LogP contribution >= 0.6 is 0 Å². The van der Waals surface area contributed by atoms with Crippen LogP contribution in [0.5, 0.6) is 0 Å². The van der Waals surface area contributed by atoms with Crippen molar-refractivity contribution in [1.82, 2.24) is 15.2 Å². The van der Waals surface area contributed by atoms with Gasteiger partial charge >= 0.3 is 0 Å². The van der Waals surface area contributed by atoms with Crippen LogP contribution in [0.25, 0.3) is 0 Å². The van der Waals surface area contributed by atoms with E-state index in [9.17, 15) is 4.39 Å². The summed E-state index contributed by atoms with van der Waals surface area (Å²) < 4.78 is 19.0. The Morgan fingerprint density at radius 3 is 2.71 bits per heavy atom. The number of halogens is 1. The van der Waals surface area contributed by atoms with Crippen molar-refractivity contribution in [3.63, 3.8) is 0 Å². The predicted molar refractivity (Wildman–Crippen MR) is 93.3 cm³/mol. The third kappa shape index (κ3) is 4.81. The Balaban J connectivity index is 1.95. The van der Waals surface area contributed by atoms with E-state index in [4.69, 9.17) is 4.42 Å². The lowest BCUT2D eigenvalue weighted by Gasteiger charge is -2.21. The largest absolute Gasteiger partial charge is 0.443 e. The average molecular weight is 332 g/mol. The summed E-state index contributed by atoms with van der Waals surface area (Å²) in [6, 6.07) is 6.55. The number of nitrogens with zero attached hydrogens (tertiary/aromatic N) is 3. The van der Waals surface area contributed by atoms with Gasteiger partial charge in [-0.15, -0.1) is 0 Å². The highest BCUT2D eigenvalue weighted by molar-refractivity contribution is 5.79. The van der Waals surface area contributed by atoms with Gasteiger partial charge in [-0.2, -0.15) is 0 Å². The molecule has 5 nitrogen and oxygen atoms in total. The zero-order chi connectivity index (χ0) is 17.7. The Labute approximate surface area is 142 Å². The number of hydrogen-bond donors (Lipinski definition) is 1. The van der Waals surface area contributed by atoms with Crippen LogP contribution in [0.2, 0.25) is 0 Å². The molecular formula is C18H25FN4O. The maximum Gasteiger partial charge on any atom is 0.213 e. The molecule has 1 aromatic heterocycles. The van der Waals surface area contributed by atoms with Crippen LogP contribution in [-0.4, -0.2) is 29.9 Å². The molecule has 0 atom stereocenters. The molecule has 0 aliphatic rings. The van der Waals surface area contributed by atoms with Crippen molar-refractivity contribution in [2.24, 2.45) is 4.99 Å². The first-order valence-electron chi connectivity index (χ1n) is 7.91. The van der Waals surface area contributed by atoms with Crippen molar-refractivity contribution in [3.05, 3.63) is 53.5 Å². The predicted octanol–water partition coefficient (Wildman–Crippen LogP) is 3.32. The zero-order valence-electron chi connectivity index (χ0n) is 14.9. The molecule has 2 rings (SSSR count). The van der Waals surface area contributed by atoms with E-state index < -0.39 is 0 Å². The summed E-state index contributed by atoms with van der Waals surface area (Å²) in [5.41, 5.74) is 0.813. The van der Waals surface area contributed by atoms with Crippen LogP contribution in [0.1, 0.15) is 38.0 Å². The van der Waals surface area contributed by atoms with Crippen LogP contribution in [0.15, 0.2) is 39.9 Å². The SMILES string of the molecule is CN=C(NCc1ncc(C(C)(C)C)o1)N(C)Cc1cccc(F)c1. The number of guanidine groups is 1. The minimum absolute atomic E-state index is 0.0684. The topological polar surface area (TPSA) is 53.7 Å². The normalized spacial score (nSPS) is 12.3. The minimum Gasteiger partial charge on any atom is -0.443 e. The van der Waals surface area contributed by atoms with Gasteiger partial charge in [-0.05, 0) is 17.7 Å². The van der Waals surface area contributed by atoms with Crippen LogP contribution < -0.4 is 5.32 Å². The second-order valence-electron chi connectivity index (χ2n) is 6.76. The summed E-state index contributed by atoms with van der Waals surface area (Å²) in [6.07, 6.45) is 1.76. The van der Waals surface area contributed by atoms with Crippen molar-refractivity contribution in [2.75, 3.05) is 14.1 Å². The van der Waals surface area contributed by atoms with Gasteiger partial charge in [-0.25, -0.2) is 9.37 Å². The maximum absolute atomic E-state index is 13.3. The van der Waals surface area contributed by atoms with Crippen LogP contribution in [0.3, 0.4) is 0 Å². The standard InChI is InChI=1S/C18H25FN4O/c1-18(2,3)15-10-21-16(24-15)11-22-17(20-4)23(5)12-13-7-6-8-14(19)9-13/h6-10H,11-12H2,1-5H3,(H,20,22). The Bertz CT molecular complexity index is 703. The summed E-state index contributed by atoms with van der Waals surface area (Å²) in [6.45, 7) is 7.23. The number of nitrogens with one attached hydrogen (secondary N) is 1. The Morgan fingerprint density at radius 2 is 2.12 bits per heavy atom. The monoisotopic (exact) mass is 332 g/mol. The number of rotatable bonds is 4. The van der Waals surface area contributed by atoms with Crippen molar-refractivity contribution in [2.45, 2.75) is 39.3 Å². The lowest BCUT2D eigenvalue weighted by atomic mass is 9.94. The van der Waals surface area contributed by atoms with E-state index in [0.29, 0.717) is 24.9 Å². The van der Waals surface area contributed by atoms with Crippen molar-refractivity contribution >= 4 is 5.96 Å². The van der Waals surface area contributed by atoms with Gasteiger partial charge in [-0.1, -0.05) is 32.9 Å². The number of oxazole rings is 1. The molecule has 0 unspecified atom stereocenters. The first-order valence-corrected chi connectivity index (χ1v) is 7.91. The van der Waals surface area contributed by atoms with E-state index in [1.165, 1.54) is 12.1 Å². The third-order valence-electron chi connectivity index (χ3n) is 3.57.